The minimum atomic E-state index is -0.0647. The second-order valence-corrected chi connectivity index (χ2v) is 4.54. The van der Waals surface area contributed by atoms with Crippen molar-refractivity contribution in [2.24, 2.45) is 0 Å². The van der Waals surface area contributed by atoms with Gasteiger partial charge in [-0.2, -0.15) is 0 Å². The van der Waals surface area contributed by atoms with Gasteiger partial charge in [0.15, 0.2) is 6.29 Å². The number of ether oxygens (including phenoxy) is 3. The van der Waals surface area contributed by atoms with E-state index in [1.807, 2.05) is 13.8 Å². The van der Waals surface area contributed by atoms with E-state index in [0.29, 0.717) is 25.4 Å². The first-order chi connectivity index (χ1) is 8.19. The maximum absolute atomic E-state index is 5.58. The van der Waals surface area contributed by atoms with Crippen LogP contribution in [-0.4, -0.2) is 56.7 Å². The lowest BCUT2D eigenvalue weighted by molar-refractivity contribution is -0.142. The van der Waals surface area contributed by atoms with Gasteiger partial charge in [0.1, 0.15) is 0 Å². The van der Waals surface area contributed by atoms with E-state index in [1.165, 1.54) is 0 Å². The Balaban J connectivity index is 2.27. The third-order valence-corrected chi connectivity index (χ3v) is 3.32. The molecule has 17 heavy (non-hydrogen) atoms. The summed E-state index contributed by atoms with van der Waals surface area (Å²) in [6, 6.07) is 0.541. The molecule has 1 aliphatic rings. The van der Waals surface area contributed by atoms with Gasteiger partial charge in [-0.25, -0.2) is 0 Å². The molecule has 0 aromatic heterocycles. The molecule has 0 aliphatic carbocycles. The van der Waals surface area contributed by atoms with E-state index >= 15 is 0 Å². The molecule has 102 valence electrons. The van der Waals surface area contributed by atoms with E-state index in [2.05, 4.69) is 18.9 Å². The van der Waals surface area contributed by atoms with Crippen LogP contribution in [0.2, 0.25) is 0 Å². The zero-order valence-electron chi connectivity index (χ0n) is 11.6. The predicted octanol–water partition coefficient (Wildman–Crippen LogP) is 1.88. The summed E-state index contributed by atoms with van der Waals surface area (Å²) >= 11 is 0. The van der Waals surface area contributed by atoms with Crippen LogP contribution in [0.1, 0.15) is 33.6 Å². The minimum absolute atomic E-state index is 0.0647. The van der Waals surface area contributed by atoms with E-state index in [0.717, 1.165) is 26.0 Å². The molecule has 4 nitrogen and oxygen atoms in total. The SMILES string of the molecule is CCOC(CCN(C)C1CCOC1C)OCC. The lowest BCUT2D eigenvalue weighted by atomic mass is 10.1. The average Bonchev–Trinajstić information content (AvgIpc) is 2.72. The molecule has 0 bridgehead atoms. The normalized spacial score (nSPS) is 25.1. The molecule has 1 saturated heterocycles. The third-order valence-electron chi connectivity index (χ3n) is 3.32. The minimum Gasteiger partial charge on any atom is -0.377 e. The Morgan fingerprint density at radius 1 is 1.29 bits per heavy atom. The molecule has 2 unspecified atom stereocenters. The highest BCUT2D eigenvalue weighted by Gasteiger charge is 2.27. The van der Waals surface area contributed by atoms with Crippen molar-refractivity contribution >= 4 is 0 Å². The molecule has 1 aliphatic heterocycles. The average molecular weight is 245 g/mol. The fourth-order valence-corrected chi connectivity index (χ4v) is 2.36. The zero-order chi connectivity index (χ0) is 12.7. The quantitative estimate of drug-likeness (QED) is 0.611. The maximum Gasteiger partial charge on any atom is 0.158 e. The van der Waals surface area contributed by atoms with Crippen LogP contribution in [0.3, 0.4) is 0 Å². The first-order valence-electron chi connectivity index (χ1n) is 6.74. The molecule has 2 atom stereocenters. The Hall–Kier alpha value is -0.160. The zero-order valence-corrected chi connectivity index (χ0v) is 11.6. The van der Waals surface area contributed by atoms with E-state index in [1.54, 1.807) is 0 Å². The van der Waals surface area contributed by atoms with Crippen LogP contribution in [0, 0.1) is 0 Å². The summed E-state index contributed by atoms with van der Waals surface area (Å²) in [4.78, 5) is 2.36. The summed E-state index contributed by atoms with van der Waals surface area (Å²) in [5, 5.41) is 0. The van der Waals surface area contributed by atoms with Crippen LogP contribution in [0.15, 0.2) is 0 Å². The summed E-state index contributed by atoms with van der Waals surface area (Å²) in [5.41, 5.74) is 0. The predicted molar refractivity (Wildman–Crippen MR) is 68.1 cm³/mol. The van der Waals surface area contributed by atoms with Crippen molar-refractivity contribution in [1.82, 2.24) is 4.90 Å². The Morgan fingerprint density at radius 3 is 2.41 bits per heavy atom. The Labute approximate surface area is 105 Å². The molecular formula is C13H27NO3. The van der Waals surface area contributed by atoms with Crippen molar-refractivity contribution in [1.29, 1.82) is 0 Å². The maximum atomic E-state index is 5.58. The fourth-order valence-electron chi connectivity index (χ4n) is 2.36. The van der Waals surface area contributed by atoms with Gasteiger partial charge in [-0.3, -0.25) is 0 Å². The van der Waals surface area contributed by atoms with Gasteiger partial charge < -0.3 is 19.1 Å². The third kappa shape index (κ3) is 4.92. The van der Waals surface area contributed by atoms with Gasteiger partial charge in [-0.15, -0.1) is 0 Å². The van der Waals surface area contributed by atoms with E-state index in [9.17, 15) is 0 Å². The molecule has 0 radical (unpaired) electrons. The van der Waals surface area contributed by atoms with Gasteiger partial charge in [-0.1, -0.05) is 0 Å². The molecule has 1 rings (SSSR count). The summed E-state index contributed by atoms with van der Waals surface area (Å²) in [5.74, 6) is 0. The van der Waals surface area contributed by atoms with Gasteiger partial charge in [0.05, 0.1) is 6.10 Å². The van der Waals surface area contributed by atoms with Crippen LogP contribution in [0.25, 0.3) is 0 Å². The first-order valence-corrected chi connectivity index (χ1v) is 6.74. The van der Waals surface area contributed by atoms with Gasteiger partial charge in [0, 0.05) is 38.8 Å². The monoisotopic (exact) mass is 245 g/mol. The highest BCUT2D eigenvalue weighted by Crippen LogP contribution is 2.18. The molecular weight excluding hydrogens is 218 g/mol. The molecule has 1 heterocycles. The van der Waals surface area contributed by atoms with Crippen LogP contribution in [-0.2, 0) is 14.2 Å². The molecule has 0 aromatic rings. The highest BCUT2D eigenvalue weighted by molar-refractivity contribution is 4.80. The lowest BCUT2D eigenvalue weighted by Crippen LogP contribution is -2.38. The Bertz CT molecular complexity index is 195. The van der Waals surface area contributed by atoms with Crippen molar-refractivity contribution < 1.29 is 14.2 Å². The lowest BCUT2D eigenvalue weighted by Gasteiger charge is -2.28. The van der Waals surface area contributed by atoms with Gasteiger partial charge >= 0.3 is 0 Å². The van der Waals surface area contributed by atoms with E-state index in [4.69, 9.17) is 14.2 Å². The second kappa shape index (κ2) is 8.03. The number of nitrogens with zero attached hydrogens (tertiary/aromatic N) is 1. The molecule has 0 aromatic carbocycles. The van der Waals surface area contributed by atoms with E-state index in [-0.39, 0.29) is 6.29 Å². The summed E-state index contributed by atoms with van der Waals surface area (Å²) < 4.78 is 16.7. The summed E-state index contributed by atoms with van der Waals surface area (Å²) in [6.45, 7) is 9.44. The summed E-state index contributed by atoms with van der Waals surface area (Å²) in [7, 11) is 2.16. The van der Waals surface area contributed by atoms with Gasteiger partial charge in [0.2, 0.25) is 0 Å². The van der Waals surface area contributed by atoms with Crippen molar-refractivity contribution in [2.75, 3.05) is 33.4 Å². The molecule has 0 N–H and O–H groups in total. The van der Waals surface area contributed by atoms with Crippen LogP contribution >= 0.6 is 0 Å². The molecule has 4 heteroatoms. The van der Waals surface area contributed by atoms with Crippen molar-refractivity contribution in [2.45, 2.75) is 52.0 Å². The molecule has 0 saturated carbocycles. The van der Waals surface area contributed by atoms with E-state index < -0.39 is 0 Å². The number of rotatable bonds is 8. The standard InChI is InChI=1S/C13H27NO3/c1-5-15-13(16-6-2)7-9-14(4)12-8-10-17-11(12)3/h11-13H,5-10H2,1-4H3. The Morgan fingerprint density at radius 2 is 1.94 bits per heavy atom. The fraction of sp³-hybridized carbons (Fsp3) is 1.00. The molecule has 0 spiro atoms. The number of hydrogen-bond acceptors (Lipinski definition) is 4. The first kappa shape index (κ1) is 14.9. The van der Waals surface area contributed by atoms with Gasteiger partial charge in [0.25, 0.3) is 0 Å². The van der Waals surface area contributed by atoms with Crippen molar-refractivity contribution in [3.63, 3.8) is 0 Å². The van der Waals surface area contributed by atoms with Crippen LogP contribution in [0.4, 0.5) is 0 Å². The van der Waals surface area contributed by atoms with Crippen LogP contribution in [0.5, 0.6) is 0 Å². The largest absolute Gasteiger partial charge is 0.377 e. The summed E-state index contributed by atoms with van der Waals surface area (Å²) in [6.07, 6.45) is 2.33. The molecule has 1 fully saturated rings. The van der Waals surface area contributed by atoms with Crippen molar-refractivity contribution in [3.8, 4) is 0 Å². The van der Waals surface area contributed by atoms with Crippen LogP contribution < -0.4 is 0 Å². The smallest absolute Gasteiger partial charge is 0.158 e. The Kier molecular flexibility index (Phi) is 7.04. The van der Waals surface area contributed by atoms with Crippen molar-refractivity contribution in [3.05, 3.63) is 0 Å². The highest BCUT2D eigenvalue weighted by atomic mass is 16.7. The number of likely N-dealkylation sites (N-methyl/N-ethyl adjacent to an activating group) is 1. The van der Waals surface area contributed by atoms with Gasteiger partial charge in [-0.05, 0) is 34.2 Å². The molecule has 0 amide bonds. The number of hydrogen-bond donors (Lipinski definition) is 0. The second-order valence-electron chi connectivity index (χ2n) is 4.54. The topological polar surface area (TPSA) is 30.9 Å².